The molecule has 0 fully saturated rings. The zero-order valence-electron chi connectivity index (χ0n) is 7.30. The van der Waals surface area contributed by atoms with Crippen molar-refractivity contribution in [2.75, 3.05) is 0 Å². The normalized spacial score (nSPS) is 9.27. The number of hydrogen-bond acceptors (Lipinski definition) is 0. The molecule has 0 bridgehead atoms. The molecule has 11 heavy (non-hydrogen) atoms. The molecule has 0 atom stereocenters. The first kappa shape index (κ1) is 11.5. The Morgan fingerprint density at radius 3 is 2.18 bits per heavy atom. The van der Waals surface area contributed by atoms with Crippen LogP contribution in [0.4, 0.5) is 0 Å². The van der Waals surface area contributed by atoms with Crippen molar-refractivity contribution in [1.82, 2.24) is 0 Å². The van der Waals surface area contributed by atoms with Crippen LogP contribution in [-0.2, 0) is 0 Å². The summed E-state index contributed by atoms with van der Waals surface area (Å²) in [5.41, 5.74) is 0. The molecule has 0 N–H and O–H groups in total. The molecule has 0 aliphatic heterocycles. The molecule has 64 valence electrons. The van der Waals surface area contributed by atoms with Crippen LogP contribution in [0.1, 0.15) is 20.3 Å². The summed E-state index contributed by atoms with van der Waals surface area (Å²) in [7, 11) is 0. The standard InChI is InChI=1S/C9H16Se2/c1-4-7-8-9(10-5-2)11-6-3/h4,8H,1,5-7H2,2-3H3. The molecular weight excluding hydrogens is 266 g/mol. The van der Waals surface area contributed by atoms with Gasteiger partial charge in [-0.3, -0.25) is 0 Å². The Balaban J connectivity index is 3.74. The summed E-state index contributed by atoms with van der Waals surface area (Å²) in [6.45, 7) is 8.26. The van der Waals surface area contributed by atoms with Gasteiger partial charge in [-0.2, -0.15) is 0 Å². The molecule has 0 heterocycles. The van der Waals surface area contributed by atoms with Gasteiger partial charge in [0.05, 0.1) is 0 Å². The van der Waals surface area contributed by atoms with Crippen LogP contribution in [-0.4, -0.2) is 29.9 Å². The number of rotatable bonds is 6. The second-order valence-corrected chi connectivity index (χ2v) is 8.70. The second-order valence-electron chi connectivity index (χ2n) is 1.91. The molecule has 0 aliphatic rings. The molecule has 0 radical (unpaired) electrons. The average molecular weight is 282 g/mol. The van der Waals surface area contributed by atoms with Crippen LogP contribution in [0.25, 0.3) is 0 Å². The second kappa shape index (κ2) is 8.61. The maximum absolute atomic E-state index is 3.72. The predicted molar refractivity (Wildman–Crippen MR) is 55.4 cm³/mol. The van der Waals surface area contributed by atoms with Crippen LogP contribution >= 0.6 is 0 Å². The van der Waals surface area contributed by atoms with E-state index in [0.29, 0.717) is 0 Å². The summed E-state index contributed by atoms with van der Waals surface area (Å²) in [4.78, 5) is 0. The monoisotopic (exact) mass is 284 g/mol. The molecule has 0 aromatic rings. The van der Waals surface area contributed by atoms with Crippen molar-refractivity contribution in [2.45, 2.75) is 30.9 Å². The van der Waals surface area contributed by atoms with Crippen LogP contribution in [0, 0.1) is 0 Å². The summed E-state index contributed by atoms with van der Waals surface area (Å²) in [5, 5.41) is 2.69. The summed E-state index contributed by atoms with van der Waals surface area (Å²) >= 11 is 1.55. The van der Waals surface area contributed by atoms with E-state index < -0.39 is 0 Å². The fourth-order valence-corrected chi connectivity index (χ4v) is 6.37. The van der Waals surface area contributed by atoms with Crippen molar-refractivity contribution in [3.8, 4) is 0 Å². The molecule has 0 unspecified atom stereocenters. The summed E-state index contributed by atoms with van der Waals surface area (Å²) < 4.78 is 1.73. The molecule has 0 nitrogen and oxygen atoms in total. The maximum atomic E-state index is 3.72. The van der Waals surface area contributed by atoms with Gasteiger partial charge in [0.1, 0.15) is 0 Å². The fraction of sp³-hybridized carbons (Fsp3) is 0.556. The van der Waals surface area contributed by atoms with Gasteiger partial charge in [-0.05, 0) is 0 Å². The third kappa shape index (κ3) is 6.90. The quantitative estimate of drug-likeness (QED) is 0.519. The van der Waals surface area contributed by atoms with Crippen molar-refractivity contribution >= 4 is 29.9 Å². The molecule has 2 heteroatoms. The van der Waals surface area contributed by atoms with Gasteiger partial charge in [-0.1, -0.05) is 0 Å². The van der Waals surface area contributed by atoms with Gasteiger partial charge < -0.3 is 0 Å². The van der Waals surface area contributed by atoms with Crippen molar-refractivity contribution < 1.29 is 0 Å². The number of hydrogen-bond donors (Lipinski definition) is 0. The van der Waals surface area contributed by atoms with Crippen molar-refractivity contribution in [3.05, 3.63) is 22.1 Å². The SMILES string of the molecule is C=CCC=C([Se]CC)[Se]CC. The summed E-state index contributed by atoms with van der Waals surface area (Å²) in [5.74, 6) is 0. The van der Waals surface area contributed by atoms with E-state index in [2.05, 4.69) is 26.5 Å². The van der Waals surface area contributed by atoms with Gasteiger partial charge in [-0.15, -0.1) is 0 Å². The Morgan fingerprint density at radius 2 is 1.82 bits per heavy atom. The molecule has 0 aromatic heterocycles. The minimum absolute atomic E-state index is 0.777. The zero-order valence-corrected chi connectivity index (χ0v) is 10.7. The van der Waals surface area contributed by atoms with Crippen LogP contribution in [0.15, 0.2) is 22.1 Å². The van der Waals surface area contributed by atoms with E-state index >= 15 is 0 Å². The minimum atomic E-state index is 0.777. The van der Waals surface area contributed by atoms with Crippen LogP contribution in [0.3, 0.4) is 0 Å². The van der Waals surface area contributed by atoms with E-state index in [9.17, 15) is 0 Å². The molecule has 0 aliphatic carbocycles. The molecule has 0 spiro atoms. The van der Waals surface area contributed by atoms with E-state index in [-0.39, 0.29) is 0 Å². The van der Waals surface area contributed by atoms with Gasteiger partial charge in [0.2, 0.25) is 0 Å². The van der Waals surface area contributed by atoms with Crippen LogP contribution in [0.2, 0.25) is 10.6 Å². The predicted octanol–water partition coefficient (Wildman–Crippen LogP) is 2.69. The Kier molecular flexibility index (Phi) is 9.02. The van der Waals surface area contributed by atoms with Crippen molar-refractivity contribution in [1.29, 1.82) is 0 Å². The van der Waals surface area contributed by atoms with Crippen molar-refractivity contribution in [3.63, 3.8) is 0 Å². The van der Waals surface area contributed by atoms with E-state index in [1.807, 2.05) is 6.08 Å². The molecule has 0 amide bonds. The molecule has 0 aromatic carbocycles. The zero-order chi connectivity index (χ0) is 8.53. The van der Waals surface area contributed by atoms with E-state index in [1.165, 1.54) is 10.6 Å². The van der Waals surface area contributed by atoms with Crippen molar-refractivity contribution in [2.24, 2.45) is 0 Å². The Labute approximate surface area is 82.8 Å². The first-order valence-electron chi connectivity index (χ1n) is 3.91. The molecule has 0 saturated heterocycles. The first-order valence-corrected chi connectivity index (χ1v) is 8.05. The van der Waals surface area contributed by atoms with Gasteiger partial charge in [0, 0.05) is 0 Å². The van der Waals surface area contributed by atoms with Gasteiger partial charge in [0.25, 0.3) is 0 Å². The average Bonchev–Trinajstić information content (AvgIpc) is 2.01. The first-order chi connectivity index (χ1) is 5.35. The fourth-order valence-electron chi connectivity index (χ4n) is 0.624. The van der Waals surface area contributed by atoms with Gasteiger partial charge in [0.15, 0.2) is 0 Å². The Morgan fingerprint density at radius 1 is 1.27 bits per heavy atom. The third-order valence-electron chi connectivity index (χ3n) is 1.02. The van der Waals surface area contributed by atoms with E-state index in [4.69, 9.17) is 0 Å². The summed E-state index contributed by atoms with van der Waals surface area (Å²) in [6, 6.07) is 0. The van der Waals surface area contributed by atoms with Crippen LogP contribution in [0.5, 0.6) is 0 Å². The number of allylic oxidation sites excluding steroid dienone is 2. The topological polar surface area (TPSA) is 0 Å². The Bertz CT molecular complexity index is 120. The summed E-state index contributed by atoms with van der Waals surface area (Å²) in [6.07, 6.45) is 5.43. The van der Waals surface area contributed by atoms with Gasteiger partial charge >= 0.3 is 82.9 Å². The van der Waals surface area contributed by atoms with E-state index in [1.54, 1.807) is 3.37 Å². The molecule has 0 rings (SSSR count). The molecule has 0 saturated carbocycles. The molecular formula is C9H16Se2. The van der Waals surface area contributed by atoms with E-state index in [0.717, 1.165) is 36.3 Å². The van der Waals surface area contributed by atoms with Crippen LogP contribution < -0.4 is 0 Å². The van der Waals surface area contributed by atoms with Gasteiger partial charge in [-0.25, -0.2) is 0 Å². The Hall–Kier alpha value is 0.519. The third-order valence-corrected chi connectivity index (χ3v) is 6.70.